The van der Waals surface area contributed by atoms with Gasteiger partial charge in [0.1, 0.15) is 32.8 Å². The van der Waals surface area contributed by atoms with E-state index >= 15 is 0 Å². The van der Waals surface area contributed by atoms with E-state index in [1.54, 1.807) is 0 Å². The zero-order valence-corrected chi connectivity index (χ0v) is 20.9. The molecule has 0 saturated heterocycles. The molecule has 0 amide bonds. The lowest BCUT2D eigenvalue weighted by atomic mass is 9.89. The quantitative estimate of drug-likeness (QED) is 0.312. The van der Waals surface area contributed by atoms with Crippen LogP contribution in [0.1, 0.15) is 43.5 Å². The van der Waals surface area contributed by atoms with Crippen molar-refractivity contribution in [2.45, 2.75) is 21.3 Å². The van der Waals surface area contributed by atoms with Crippen LogP contribution in [0.4, 0.5) is 8.78 Å². The predicted octanol–water partition coefficient (Wildman–Crippen LogP) is 3.48. The molecular weight excluding hydrogens is 538 g/mol. The molecule has 0 atom stereocenters. The van der Waals surface area contributed by atoms with Gasteiger partial charge < -0.3 is 0 Å². The fourth-order valence-corrected chi connectivity index (χ4v) is 6.89. The van der Waals surface area contributed by atoms with Gasteiger partial charge in [-0.15, -0.1) is 0 Å². The average Bonchev–Trinajstić information content (AvgIpc) is 2.88. The van der Waals surface area contributed by atoms with Gasteiger partial charge in [0.05, 0.1) is 22.9 Å². The summed E-state index contributed by atoms with van der Waals surface area (Å²) in [5.74, 6) is -5.57. The molecule has 1 aliphatic carbocycles. The van der Waals surface area contributed by atoms with Crippen molar-refractivity contribution < 1.29 is 35.2 Å². The largest absolute Gasteiger partial charge is 0.287 e. The third-order valence-corrected chi connectivity index (χ3v) is 9.20. The van der Waals surface area contributed by atoms with Crippen LogP contribution in [-0.2, 0) is 31.2 Å². The lowest BCUT2D eigenvalue weighted by Gasteiger charge is -2.19. The first-order valence-corrected chi connectivity index (χ1v) is 14.3. The number of halogens is 2. The minimum Gasteiger partial charge on any atom is -0.287 e. The standard InChI is InChI=1S/C26H16F2N2O6S2/c27-17-9-3-5-11-21(17)37(33,34)13-19-20(14-38(35,36)22-12-6-4-10-18(22)28)30-24-23(29-19)25(31)15-7-1-2-8-16(15)26(24)32/h1-12H,13-14H2. The Morgan fingerprint density at radius 3 is 1.26 bits per heavy atom. The molecule has 0 N–H and O–H groups in total. The Bertz CT molecular complexity index is 1740. The SMILES string of the molecule is O=C1c2ccccc2C(=O)c2nc(CS(=O)(=O)c3ccccc3F)c(CS(=O)(=O)c3ccccc3F)nc21. The van der Waals surface area contributed by atoms with E-state index in [0.29, 0.717) is 0 Å². The molecule has 0 spiro atoms. The summed E-state index contributed by atoms with van der Waals surface area (Å²) in [6.07, 6.45) is 0. The number of carbonyl (C=O) groups is 2. The molecule has 1 aromatic heterocycles. The molecule has 0 fully saturated rings. The van der Waals surface area contributed by atoms with Crippen molar-refractivity contribution in [3.63, 3.8) is 0 Å². The smallest absolute Gasteiger partial charge is 0.214 e. The second-order valence-corrected chi connectivity index (χ2v) is 12.3. The molecular formula is C26H16F2N2O6S2. The van der Waals surface area contributed by atoms with Crippen molar-refractivity contribution >= 4 is 31.2 Å². The van der Waals surface area contributed by atoms with Gasteiger partial charge >= 0.3 is 0 Å². The number of sulfone groups is 2. The monoisotopic (exact) mass is 554 g/mol. The normalized spacial score (nSPS) is 13.2. The van der Waals surface area contributed by atoms with E-state index in [1.807, 2.05) is 0 Å². The predicted molar refractivity (Wildman–Crippen MR) is 130 cm³/mol. The van der Waals surface area contributed by atoms with Crippen LogP contribution in [0.2, 0.25) is 0 Å². The van der Waals surface area contributed by atoms with Gasteiger partial charge in [-0.25, -0.2) is 35.6 Å². The van der Waals surface area contributed by atoms with Crippen LogP contribution in [0.25, 0.3) is 0 Å². The zero-order valence-electron chi connectivity index (χ0n) is 19.3. The van der Waals surface area contributed by atoms with Crippen molar-refractivity contribution in [2.75, 3.05) is 0 Å². The number of aromatic nitrogens is 2. The maximum atomic E-state index is 14.3. The van der Waals surface area contributed by atoms with Crippen LogP contribution < -0.4 is 0 Å². The van der Waals surface area contributed by atoms with E-state index in [1.165, 1.54) is 48.5 Å². The molecule has 5 rings (SSSR count). The van der Waals surface area contributed by atoms with Crippen molar-refractivity contribution in [1.29, 1.82) is 0 Å². The summed E-state index contributed by atoms with van der Waals surface area (Å²) in [6, 6.07) is 15.0. The van der Waals surface area contributed by atoms with Crippen molar-refractivity contribution in [3.8, 4) is 0 Å². The summed E-state index contributed by atoms with van der Waals surface area (Å²) in [4.78, 5) is 33.1. The maximum Gasteiger partial charge on any atom is 0.214 e. The lowest BCUT2D eigenvalue weighted by molar-refractivity contribution is 0.0971. The Kier molecular flexibility index (Phi) is 6.24. The van der Waals surface area contributed by atoms with Crippen LogP contribution in [0.5, 0.6) is 0 Å². The molecule has 0 bridgehead atoms. The fourth-order valence-electron chi connectivity index (χ4n) is 4.10. The van der Waals surface area contributed by atoms with E-state index in [-0.39, 0.29) is 11.1 Å². The van der Waals surface area contributed by atoms with Crippen LogP contribution in [0.15, 0.2) is 82.6 Å². The summed E-state index contributed by atoms with van der Waals surface area (Å²) >= 11 is 0. The fraction of sp³-hybridized carbons (Fsp3) is 0.0769. The number of fused-ring (bicyclic) bond motifs is 2. The zero-order chi connectivity index (χ0) is 27.2. The van der Waals surface area contributed by atoms with Gasteiger partial charge in [0.2, 0.25) is 11.6 Å². The molecule has 38 heavy (non-hydrogen) atoms. The average molecular weight is 555 g/mol. The van der Waals surface area contributed by atoms with Gasteiger partial charge in [-0.3, -0.25) is 9.59 Å². The van der Waals surface area contributed by atoms with E-state index < -0.39 is 86.9 Å². The minimum atomic E-state index is -4.46. The summed E-state index contributed by atoms with van der Waals surface area (Å²) in [7, 11) is -8.91. The maximum absolute atomic E-state index is 14.3. The highest BCUT2D eigenvalue weighted by atomic mass is 32.2. The second-order valence-electron chi connectivity index (χ2n) is 8.40. The number of benzene rings is 3. The first-order chi connectivity index (χ1) is 18.0. The number of rotatable bonds is 6. The van der Waals surface area contributed by atoms with Gasteiger partial charge in [-0.2, -0.15) is 0 Å². The van der Waals surface area contributed by atoms with Gasteiger partial charge in [0.25, 0.3) is 0 Å². The highest BCUT2D eigenvalue weighted by Gasteiger charge is 2.35. The Morgan fingerprint density at radius 1 is 0.553 bits per heavy atom. The summed E-state index contributed by atoms with van der Waals surface area (Å²) < 4.78 is 81.1. The number of hydrogen-bond donors (Lipinski definition) is 0. The first kappa shape index (κ1) is 25.5. The minimum absolute atomic E-state index is 0.0222. The number of ketones is 2. The van der Waals surface area contributed by atoms with Gasteiger partial charge in [0, 0.05) is 11.1 Å². The molecule has 3 aromatic carbocycles. The Morgan fingerprint density at radius 2 is 0.895 bits per heavy atom. The molecule has 1 heterocycles. The highest BCUT2D eigenvalue weighted by molar-refractivity contribution is 7.91. The first-order valence-electron chi connectivity index (χ1n) is 11.0. The molecule has 0 radical (unpaired) electrons. The van der Waals surface area contributed by atoms with E-state index in [9.17, 15) is 35.2 Å². The third-order valence-electron chi connectivity index (χ3n) is 5.89. The Balaban J connectivity index is 1.69. The molecule has 1 aliphatic rings. The van der Waals surface area contributed by atoms with Crippen LogP contribution in [-0.4, -0.2) is 38.4 Å². The summed E-state index contributed by atoms with van der Waals surface area (Å²) in [6.45, 7) is 0. The molecule has 0 unspecified atom stereocenters. The lowest BCUT2D eigenvalue weighted by Crippen LogP contribution is -2.27. The van der Waals surface area contributed by atoms with E-state index in [0.717, 1.165) is 24.3 Å². The van der Waals surface area contributed by atoms with E-state index in [2.05, 4.69) is 9.97 Å². The second kappa shape index (κ2) is 9.30. The molecule has 192 valence electrons. The van der Waals surface area contributed by atoms with Gasteiger partial charge in [-0.1, -0.05) is 48.5 Å². The number of nitrogens with zero attached hydrogens (tertiary/aromatic N) is 2. The highest BCUT2D eigenvalue weighted by Crippen LogP contribution is 2.29. The topological polar surface area (TPSA) is 128 Å². The van der Waals surface area contributed by atoms with Crippen molar-refractivity contribution in [1.82, 2.24) is 9.97 Å². The molecule has 4 aromatic rings. The van der Waals surface area contributed by atoms with Gasteiger partial charge in [-0.05, 0) is 24.3 Å². The summed E-state index contributed by atoms with van der Waals surface area (Å²) in [5, 5.41) is 0. The Labute approximate surface area is 215 Å². The van der Waals surface area contributed by atoms with Crippen LogP contribution in [0, 0.1) is 11.6 Å². The molecule has 12 heteroatoms. The summed E-state index contributed by atoms with van der Waals surface area (Å²) in [5.41, 5.74) is -1.83. The third kappa shape index (κ3) is 4.41. The van der Waals surface area contributed by atoms with E-state index in [4.69, 9.17) is 0 Å². The Hall–Kier alpha value is -4.16. The van der Waals surface area contributed by atoms with Crippen molar-refractivity contribution in [3.05, 3.63) is 118 Å². The van der Waals surface area contributed by atoms with Crippen LogP contribution in [0.3, 0.4) is 0 Å². The molecule has 0 aliphatic heterocycles. The van der Waals surface area contributed by atoms with Crippen LogP contribution >= 0.6 is 0 Å². The number of hydrogen-bond acceptors (Lipinski definition) is 8. The number of carbonyl (C=O) groups excluding carboxylic acids is 2. The van der Waals surface area contributed by atoms with Gasteiger partial charge in [0.15, 0.2) is 19.7 Å². The molecule has 8 nitrogen and oxygen atoms in total. The van der Waals surface area contributed by atoms with Crippen molar-refractivity contribution in [2.24, 2.45) is 0 Å². The molecule has 0 saturated carbocycles.